The van der Waals surface area contributed by atoms with Crippen molar-refractivity contribution in [2.45, 2.75) is 19.4 Å². The lowest BCUT2D eigenvalue weighted by Crippen LogP contribution is -2.38. The summed E-state index contributed by atoms with van der Waals surface area (Å²) in [6, 6.07) is 4.66. The van der Waals surface area contributed by atoms with Gasteiger partial charge >= 0.3 is 5.69 Å². The number of nitrogens with two attached hydrogens (primary N) is 1. The lowest BCUT2D eigenvalue weighted by Gasteiger charge is -2.19. The molecular formula is C10H13BrN2O3. The van der Waals surface area contributed by atoms with Crippen molar-refractivity contribution in [2.75, 3.05) is 6.61 Å². The minimum absolute atomic E-state index is 0.0707. The van der Waals surface area contributed by atoms with Gasteiger partial charge in [0.05, 0.1) is 9.40 Å². The summed E-state index contributed by atoms with van der Waals surface area (Å²) in [7, 11) is 0. The predicted octanol–water partition coefficient (Wildman–Crippen LogP) is 2.47. The molecule has 0 aliphatic heterocycles. The van der Waals surface area contributed by atoms with Gasteiger partial charge in [-0.2, -0.15) is 0 Å². The summed E-state index contributed by atoms with van der Waals surface area (Å²) in [5, 5.41) is 10.8. The minimum atomic E-state index is -0.539. The maximum atomic E-state index is 10.8. The van der Waals surface area contributed by atoms with Crippen LogP contribution in [0.1, 0.15) is 13.8 Å². The molecule has 0 spiro atoms. The lowest BCUT2D eigenvalue weighted by molar-refractivity contribution is -0.386. The second-order valence-corrected chi connectivity index (χ2v) is 4.98. The number of hydrogen-bond acceptors (Lipinski definition) is 4. The Kier molecular flexibility index (Phi) is 3.88. The molecular weight excluding hydrogens is 276 g/mol. The summed E-state index contributed by atoms with van der Waals surface area (Å²) in [6.07, 6.45) is 0. The van der Waals surface area contributed by atoms with E-state index in [0.717, 1.165) is 0 Å². The Balaban J connectivity index is 2.98. The third-order valence-electron chi connectivity index (χ3n) is 1.73. The van der Waals surface area contributed by atoms with E-state index in [9.17, 15) is 10.1 Å². The van der Waals surface area contributed by atoms with E-state index in [1.165, 1.54) is 6.07 Å². The molecule has 5 nitrogen and oxygen atoms in total. The highest BCUT2D eigenvalue weighted by Crippen LogP contribution is 2.34. The third kappa shape index (κ3) is 3.46. The molecule has 0 aliphatic carbocycles. The molecule has 1 rings (SSSR count). The van der Waals surface area contributed by atoms with Crippen molar-refractivity contribution in [2.24, 2.45) is 5.73 Å². The van der Waals surface area contributed by atoms with Crippen LogP contribution < -0.4 is 10.5 Å². The molecule has 0 unspecified atom stereocenters. The molecule has 2 N–H and O–H groups in total. The van der Waals surface area contributed by atoms with Crippen LogP contribution >= 0.6 is 15.9 Å². The van der Waals surface area contributed by atoms with Gasteiger partial charge in [-0.1, -0.05) is 6.07 Å². The van der Waals surface area contributed by atoms with Crippen LogP contribution in [0.15, 0.2) is 22.7 Å². The average Bonchev–Trinajstić information content (AvgIpc) is 2.13. The lowest BCUT2D eigenvalue weighted by atomic mass is 10.1. The first-order valence-electron chi connectivity index (χ1n) is 4.66. The van der Waals surface area contributed by atoms with Crippen molar-refractivity contribution < 1.29 is 9.66 Å². The Morgan fingerprint density at radius 2 is 2.19 bits per heavy atom. The molecule has 88 valence electrons. The van der Waals surface area contributed by atoms with Gasteiger partial charge in [-0.15, -0.1) is 0 Å². The zero-order valence-corrected chi connectivity index (χ0v) is 10.7. The van der Waals surface area contributed by atoms with Crippen LogP contribution in [0.3, 0.4) is 0 Å². The Morgan fingerprint density at radius 1 is 1.56 bits per heavy atom. The number of halogens is 1. The van der Waals surface area contributed by atoms with Crippen LogP contribution in [0.25, 0.3) is 0 Å². The van der Waals surface area contributed by atoms with Crippen molar-refractivity contribution in [1.29, 1.82) is 0 Å². The molecule has 0 bridgehead atoms. The smallest absolute Gasteiger partial charge is 0.312 e. The van der Waals surface area contributed by atoms with Gasteiger partial charge in [0, 0.05) is 11.6 Å². The molecule has 0 saturated carbocycles. The maximum absolute atomic E-state index is 10.8. The number of nitro groups is 1. The highest BCUT2D eigenvalue weighted by Gasteiger charge is 2.20. The average molecular weight is 289 g/mol. The van der Waals surface area contributed by atoms with E-state index < -0.39 is 10.5 Å². The first-order chi connectivity index (χ1) is 7.31. The first-order valence-corrected chi connectivity index (χ1v) is 5.45. The van der Waals surface area contributed by atoms with E-state index >= 15 is 0 Å². The zero-order chi connectivity index (χ0) is 12.3. The topological polar surface area (TPSA) is 78.4 Å². The van der Waals surface area contributed by atoms with Crippen molar-refractivity contribution in [1.82, 2.24) is 0 Å². The minimum Gasteiger partial charge on any atom is -0.484 e. The van der Waals surface area contributed by atoms with Crippen LogP contribution in [0.5, 0.6) is 5.75 Å². The fourth-order valence-corrected chi connectivity index (χ4v) is 1.51. The number of benzene rings is 1. The Labute approximate surface area is 102 Å². The standard InChI is InChI=1S/C10H13BrN2O3/c1-10(2,12)6-16-9-7(11)4-3-5-8(9)13(14)15/h3-5H,6,12H2,1-2H3. The fraction of sp³-hybridized carbons (Fsp3) is 0.400. The van der Waals surface area contributed by atoms with Gasteiger partial charge in [0.15, 0.2) is 0 Å². The van der Waals surface area contributed by atoms with Crippen LogP contribution in [-0.2, 0) is 0 Å². The molecule has 0 saturated heterocycles. The number of rotatable bonds is 4. The van der Waals surface area contributed by atoms with Crippen LogP contribution in [-0.4, -0.2) is 17.1 Å². The van der Waals surface area contributed by atoms with E-state index in [1.807, 2.05) is 0 Å². The molecule has 6 heteroatoms. The quantitative estimate of drug-likeness (QED) is 0.682. The normalized spacial score (nSPS) is 11.2. The highest BCUT2D eigenvalue weighted by molar-refractivity contribution is 9.10. The molecule has 0 heterocycles. The van der Waals surface area contributed by atoms with Gasteiger partial charge in [0.2, 0.25) is 5.75 Å². The predicted molar refractivity (Wildman–Crippen MR) is 64.6 cm³/mol. The summed E-state index contributed by atoms with van der Waals surface area (Å²) in [5.41, 5.74) is 5.14. The molecule has 0 amide bonds. The summed E-state index contributed by atoms with van der Waals surface area (Å²) >= 11 is 3.21. The van der Waals surface area contributed by atoms with Crippen molar-refractivity contribution in [3.05, 3.63) is 32.8 Å². The van der Waals surface area contributed by atoms with Crippen LogP contribution in [0.2, 0.25) is 0 Å². The second-order valence-electron chi connectivity index (χ2n) is 4.12. The fourth-order valence-electron chi connectivity index (χ4n) is 1.04. The number of nitro benzene ring substituents is 1. The summed E-state index contributed by atoms with van der Waals surface area (Å²) in [4.78, 5) is 10.3. The van der Waals surface area contributed by atoms with Crippen LogP contribution in [0.4, 0.5) is 5.69 Å². The summed E-state index contributed by atoms with van der Waals surface area (Å²) in [5.74, 6) is 0.214. The largest absolute Gasteiger partial charge is 0.484 e. The molecule has 1 aromatic carbocycles. The number of ether oxygens (including phenoxy) is 1. The molecule has 0 radical (unpaired) electrons. The van der Waals surface area contributed by atoms with Gasteiger partial charge in [-0.05, 0) is 35.8 Å². The third-order valence-corrected chi connectivity index (χ3v) is 2.36. The Morgan fingerprint density at radius 3 is 2.69 bits per heavy atom. The van der Waals surface area contributed by atoms with Gasteiger partial charge in [0.1, 0.15) is 6.61 Å². The zero-order valence-electron chi connectivity index (χ0n) is 9.07. The number of nitrogens with zero attached hydrogens (tertiary/aromatic N) is 1. The molecule has 0 aromatic heterocycles. The van der Waals surface area contributed by atoms with Crippen molar-refractivity contribution >= 4 is 21.6 Å². The molecule has 0 fully saturated rings. The maximum Gasteiger partial charge on any atom is 0.312 e. The highest BCUT2D eigenvalue weighted by atomic mass is 79.9. The number of para-hydroxylation sites is 1. The van der Waals surface area contributed by atoms with E-state index in [2.05, 4.69) is 15.9 Å². The van der Waals surface area contributed by atoms with E-state index in [-0.39, 0.29) is 18.0 Å². The van der Waals surface area contributed by atoms with Gasteiger partial charge < -0.3 is 10.5 Å². The molecule has 1 aromatic rings. The molecule has 16 heavy (non-hydrogen) atoms. The van der Waals surface area contributed by atoms with Crippen molar-refractivity contribution in [3.63, 3.8) is 0 Å². The van der Waals surface area contributed by atoms with Crippen LogP contribution in [0, 0.1) is 10.1 Å². The monoisotopic (exact) mass is 288 g/mol. The van der Waals surface area contributed by atoms with Gasteiger partial charge in [-0.25, -0.2) is 0 Å². The van der Waals surface area contributed by atoms with Gasteiger partial charge in [0.25, 0.3) is 0 Å². The first kappa shape index (κ1) is 12.9. The van der Waals surface area contributed by atoms with Gasteiger partial charge in [-0.3, -0.25) is 10.1 Å². The molecule has 0 atom stereocenters. The SMILES string of the molecule is CC(C)(N)COc1c(Br)cccc1[N+](=O)[O-]. The van der Waals surface area contributed by atoms with Crippen molar-refractivity contribution in [3.8, 4) is 5.75 Å². The van der Waals surface area contributed by atoms with E-state index in [1.54, 1.807) is 26.0 Å². The van der Waals surface area contributed by atoms with E-state index in [4.69, 9.17) is 10.5 Å². The Hall–Kier alpha value is -1.14. The molecule has 0 aliphatic rings. The summed E-state index contributed by atoms with van der Waals surface area (Å²) in [6.45, 7) is 3.78. The summed E-state index contributed by atoms with van der Waals surface area (Å²) < 4.78 is 5.93. The van der Waals surface area contributed by atoms with E-state index in [0.29, 0.717) is 4.47 Å². The number of hydrogen-bond donors (Lipinski definition) is 1. The second kappa shape index (κ2) is 4.80. The Bertz CT molecular complexity index is 402.